The van der Waals surface area contributed by atoms with Gasteiger partial charge in [0.1, 0.15) is 18.5 Å². The maximum absolute atomic E-state index is 12.8. The zero-order valence-corrected chi connectivity index (χ0v) is 18.8. The third-order valence-electron chi connectivity index (χ3n) is 5.81. The van der Waals surface area contributed by atoms with Gasteiger partial charge in [-0.2, -0.15) is 0 Å². The Balaban J connectivity index is 1.51. The van der Waals surface area contributed by atoms with Crippen molar-refractivity contribution in [3.05, 3.63) is 48.0 Å². The third kappa shape index (κ3) is 4.53. The van der Waals surface area contributed by atoms with E-state index in [0.717, 1.165) is 11.1 Å². The molecule has 5 atom stereocenters. The third-order valence-corrected chi connectivity index (χ3v) is 5.81. The summed E-state index contributed by atoms with van der Waals surface area (Å²) in [5.41, 5.74) is 9.18. The summed E-state index contributed by atoms with van der Waals surface area (Å²) in [5, 5.41) is 23.6. The van der Waals surface area contributed by atoms with Crippen LogP contribution >= 0.6 is 0 Å². The molecule has 0 aliphatic carbocycles. The molecule has 1 aromatic carbocycles. The molecule has 3 heterocycles. The number of carbonyl (C=O) groups excluding carboxylic acids is 1. The summed E-state index contributed by atoms with van der Waals surface area (Å²) in [6.45, 7) is 1.59. The first-order valence-electron chi connectivity index (χ1n) is 10.7. The molecule has 1 aliphatic heterocycles. The summed E-state index contributed by atoms with van der Waals surface area (Å²) in [6, 6.07) is 6.10. The Hall–Kier alpha value is -3.12. The van der Waals surface area contributed by atoms with Crippen molar-refractivity contribution in [1.82, 2.24) is 24.8 Å². The van der Waals surface area contributed by atoms with Crippen LogP contribution in [0.25, 0.3) is 11.2 Å². The molecular formula is C22H29N7O4. The molecule has 33 heavy (non-hydrogen) atoms. The lowest BCUT2D eigenvalue weighted by atomic mass is 10.0. The fourth-order valence-corrected chi connectivity index (χ4v) is 4.00. The van der Waals surface area contributed by atoms with E-state index in [2.05, 4.69) is 20.3 Å². The number of fused-ring (bicyclic) bond motifs is 1. The van der Waals surface area contributed by atoms with Crippen LogP contribution in [0.1, 0.15) is 17.4 Å². The van der Waals surface area contributed by atoms with Gasteiger partial charge in [-0.3, -0.25) is 9.36 Å². The van der Waals surface area contributed by atoms with E-state index >= 15 is 0 Å². The van der Waals surface area contributed by atoms with Crippen molar-refractivity contribution in [3.63, 3.8) is 0 Å². The highest BCUT2D eigenvalue weighted by Gasteiger charge is 2.46. The highest BCUT2D eigenvalue weighted by molar-refractivity contribution is 5.83. The van der Waals surface area contributed by atoms with Crippen LogP contribution in [0.2, 0.25) is 0 Å². The number of amides is 1. The van der Waals surface area contributed by atoms with Crippen LogP contribution in [0.3, 0.4) is 0 Å². The summed E-state index contributed by atoms with van der Waals surface area (Å²) >= 11 is 0. The van der Waals surface area contributed by atoms with Gasteiger partial charge < -0.3 is 30.9 Å². The molecule has 4 rings (SSSR count). The maximum atomic E-state index is 12.8. The lowest BCUT2D eigenvalue weighted by Gasteiger charge is -2.23. The number of aliphatic hydroxyl groups is 2. The van der Waals surface area contributed by atoms with E-state index in [4.69, 9.17) is 10.5 Å². The molecule has 11 heteroatoms. The molecule has 1 amide bonds. The summed E-state index contributed by atoms with van der Waals surface area (Å²) in [6.07, 6.45) is 0.363. The number of nitrogens with two attached hydrogens (primary N) is 1. The van der Waals surface area contributed by atoms with E-state index in [-0.39, 0.29) is 0 Å². The van der Waals surface area contributed by atoms with Gasteiger partial charge in [0.05, 0.1) is 25.0 Å². The van der Waals surface area contributed by atoms with Gasteiger partial charge in [-0.25, -0.2) is 15.0 Å². The van der Waals surface area contributed by atoms with Crippen LogP contribution in [0.15, 0.2) is 36.9 Å². The number of carbonyl (C=O) groups is 1. The largest absolute Gasteiger partial charge is 0.394 e. The van der Waals surface area contributed by atoms with Crippen LogP contribution < -0.4 is 16.0 Å². The minimum atomic E-state index is -1.16. The first kappa shape index (κ1) is 23.1. The van der Waals surface area contributed by atoms with Crippen molar-refractivity contribution in [2.75, 3.05) is 25.6 Å². The number of nitrogens with zero attached hydrogens (tertiary/aromatic N) is 5. The number of rotatable bonds is 7. The lowest BCUT2D eigenvalue weighted by Crippen LogP contribution is -2.53. The molecule has 1 fully saturated rings. The number of ether oxygens (including phenoxy) is 1. The molecule has 1 aliphatic rings. The number of aliphatic hydroxyl groups excluding tert-OH is 2. The number of imidazole rings is 1. The molecule has 0 spiro atoms. The standard InChI is InChI=1S/C22H29N7O4/c1-12-4-6-13(7-5-12)8-14(23)21(32)27-16-15(9-30)33-22(18(16)31)29-11-26-17-19(28(2)3)24-10-25-20(17)29/h4-7,10-11,14-16,18,22,30-31H,8-9,23H2,1-3H3,(H,27,32)/t14-,15-,16-,18-,22-/m1/s1. The Kier molecular flexibility index (Phi) is 6.56. The molecule has 0 radical (unpaired) electrons. The minimum Gasteiger partial charge on any atom is -0.394 e. The molecule has 5 N–H and O–H groups in total. The van der Waals surface area contributed by atoms with E-state index in [1.165, 1.54) is 12.7 Å². The average molecular weight is 456 g/mol. The Labute approximate surface area is 191 Å². The van der Waals surface area contributed by atoms with Gasteiger partial charge in [-0.15, -0.1) is 0 Å². The van der Waals surface area contributed by atoms with Crippen molar-refractivity contribution in [2.24, 2.45) is 5.73 Å². The molecular weight excluding hydrogens is 426 g/mol. The Morgan fingerprint density at radius 2 is 2.00 bits per heavy atom. The zero-order chi connectivity index (χ0) is 23.7. The fraction of sp³-hybridized carbons (Fsp3) is 0.455. The minimum absolute atomic E-state index is 0.347. The molecule has 0 bridgehead atoms. The summed E-state index contributed by atoms with van der Waals surface area (Å²) in [5.74, 6) is 0.187. The number of hydrogen-bond donors (Lipinski definition) is 4. The molecule has 0 unspecified atom stereocenters. The number of aryl methyl sites for hydroxylation is 1. The average Bonchev–Trinajstić information content (AvgIpc) is 3.36. The topological polar surface area (TPSA) is 152 Å². The Morgan fingerprint density at radius 1 is 1.27 bits per heavy atom. The van der Waals surface area contributed by atoms with Crippen molar-refractivity contribution in [1.29, 1.82) is 0 Å². The highest BCUT2D eigenvalue weighted by Crippen LogP contribution is 2.32. The molecule has 0 saturated carbocycles. The van der Waals surface area contributed by atoms with Crippen molar-refractivity contribution in [3.8, 4) is 0 Å². The first-order valence-corrected chi connectivity index (χ1v) is 10.7. The van der Waals surface area contributed by atoms with E-state index in [1.54, 1.807) is 4.57 Å². The molecule has 176 valence electrons. The van der Waals surface area contributed by atoms with Crippen LogP contribution in [0.4, 0.5) is 5.82 Å². The van der Waals surface area contributed by atoms with Crippen LogP contribution in [0.5, 0.6) is 0 Å². The highest BCUT2D eigenvalue weighted by atomic mass is 16.5. The molecule has 2 aromatic heterocycles. The monoisotopic (exact) mass is 455 g/mol. The predicted molar refractivity (Wildman–Crippen MR) is 121 cm³/mol. The number of hydrogen-bond acceptors (Lipinski definition) is 9. The van der Waals surface area contributed by atoms with Gasteiger partial charge in [-0.05, 0) is 18.9 Å². The number of nitrogens with one attached hydrogen (secondary N) is 1. The summed E-state index contributed by atoms with van der Waals surface area (Å²) in [4.78, 5) is 27.5. The smallest absolute Gasteiger partial charge is 0.237 e. The summed E-state index contributed by atoms with van der Waals surface area (Å²) < 4.78 is 7.47. The normalized spacial score (nSPS) is 23.6. The van der Waals surface area contributed by atoms with Gasteiger partial charge in [0, 0.05) is 14.1 Å². The second kappa shape index (κ2) is 9.40. The fourth-order valence-electron chi connectivity index (χ4n) is 4.00. The van der Waals surface area contributed by atoms with Crippen LogP contribution in [-0.4, -0.2) is 80.6 Å². The van der Waals surface area contributed by atoms with Crippen molar-refractivity contribution < 1.29 is 19.7 Å². The Bertz CT molecular complexity index is 1120. The van der Waals surface area contributed by atoms with Crippen LogP contribution in [0, 0.1) is 6.92 Å². The second-order valence-electron chi connectivity index (χ2n) is 8.48. The van der Waals surface area contributed by atoms with Gasteiger partial charge in [-0.1, -0.05) is 29.8 Å². The van der Waals surface area contributed by atoms with E-state index < -0.39 is 43.0 Å². The zero-order valence-electron chi connectivity index (χ0n) is 18.8. The molecule has 3 aromatic rings. The van der Waals surface area contributed by atoms with Crippen molar-refractivity contribution in [2.45, 2.75) is 43.9 Å². The molecule has 11 nitrogen and oxygen atoms in total. The molecule has 1 saturated heterocycles. The SMILES string of the molecule is Cc1ccc(C[C@@H](N)C(=O)N[C@H]2[C@@H](O)[C@H](n3cnc4c(N(C)C)ncnc43)O[C@@H]2CO)cc1. The van der Waals surface area contributed by atoms with Gasteiger partial charge in [0.25, 0.3) is 0 Å². The number of aromatic nitrogens is 4. The predicted octanol–water partition coefficient (Wildman–Crippen LogP) is -0.494. The number of anilines is 1. The Morgan fingerprint density at radius 3 is 2.67 bits per heavy atom. The number of benzene rings is 1. The second-order valence-corrected chi connectivity index (χ2v) is 8.48. The lowest BCUT2D eigenvalue weighted by molar-refractivity contribution is -0.124. The van der Waals surface area contributed by atoms with Gasteiger partial charge in [0.2, 0.25) is 5.91 Å². The van der Waals surface area contributed by atoms with Crippen molar-refractivity contribution >= 4 is 22.9 Å². The van der Waals surface area contributed by atoms with Gasteiger partial charge in [0.15, 0.2) is 23.2 Å². The first-order chi connectivity index (χ1) is 15.8. The van der Waals surface area contributed by atoms with E-state index in [1.807, 2.05) is 50.2 Å². The van der Waals surface area contributed by atoms with E-state index in [0.29, 0.717) is 23.4 Å². The summed E-state index contributed by atoms with van der Waals surface area (Å²) in [7, 11) is 3.68. The quantitative estimate of drug-likeness (QED) is 0.370. The van der Waals surface area contributed by atoms with Crippen LogP contribution in [-0.2, 0) is 16.0 Å². The maximum Gasteiger partial charge on any atom is 0.237 e. The van der Waals surface area contributed by atoms with Gasteiger partial charge >= 0.3 is 0 Å². The van der Waals surface area contributed by atoms with E-state index in [9.17, 15) is 15.0 Å².